The van der Waals surface area contributed by atoms with Crippen molar-refractivity contribution in [2.45, 2.75) is 15.4 Å². The molecule has 1 unspecified atom stereocenters. The van der Waals surface area contributed by atoms with E-state index in [0.29, 0.717) is 10.8 Å². The van der Waals surface area contributed by atoms with Crippen molar-refractivity contribution in [1.29, 1.82) is 0 Å². The van der Waals surface area contributed by atoms with Gasteiger partial charge in [0.25, 0.3) is 4.67 Å². The Kier molecular flexibility index (Phi) is 5.72. The van der Waals surface area contributed by atoms with Crippen molar-refractivity contribution >= 4 is 31.0 Å². The van der Waals surface area contributed by atoms with Gasteiger partial charge in [-0.25, -0.2) is 0 Å². The molecule has 0 saturated carbocycles. The molecule has 1 atom stereocenters. The van der Waals surface area contributed by atoms with Crippen molar-refractivity contribution in [2.24, 2.45) is 0 Å². The van der Waals surface area contributed by atoms with Crippen LogP contribution in [0.2, 0.25) is 0 Å². The smallest absolute Gasteiger partial charge is 0.364 e. The van der Waals surface area contributed by atoms with E-state index in [9.17, 15) is 19.5 Å². The van der Waals surface area contributed by atoms with Crippen LogP contribution in [-0.2, 0) is 10.4 Å². The fraction of sp³-hybridized carbons (Fsp3) is 0.500. The van der Waals surface area contributed by atoms with Gasteiger partial charge < -0.3 is 19.4 Å². The Balaban J connectivity index is 3.10. The van der Waals surface area contributed by atoms with Gasteiger partial charge in [-0.15, -0.1) is 11.6 Å². The fourth-order valence-corrected chi connectivity index (χ4v) is 4.44. The molecule has 0 aliphatic heterocycles. The molecule has 0 amide bonds. The lowest BCUT2D eigenvalue weighted by Crippen LogP contribution is -2.47. The molecule has 0 aromatic heterocycles. The zero-order valence-electron chi connectivity index (χ0n) is 11.7. The standard InChI is InChI=1S/C12H19ClNO4PS/c1-14(2,3)9-12(15,19(16,17)18)20-11-6-4-5-10(7-11)8-13/h4-7,15H,8-9H2,1-3H3,(H-,16,17,18)/p+1. The predicted octanol–water partition coefficient (Wildman–Crippen LogP) is 2.05. The minimum atomic E-state index is -4.70. The topological polar surface area (TPSA) is 77.8 Å². The van der Waals surface area contributed by atoms with Crippen LogP contribution in [0.25, 0.3) is 0 Å². The Morgan fingerprint density at radius 3 is 2.40 bits per heavy atom. The lowest BCUT2D eigenvalue weighted by atomic mass is 10.2. The number of likely N-dealkylation sites (N-methyl/N-ethyl adjacent to an activating group) is 1. The van der Waals surface area contributed by atoms with E-state index in [1.165, 1.54) is 0 Å². The van der Waals surface area contributed by atoms with Crippen molar-refractivity contribution in [2.75, 3.05) is 27.7 Å². The summed E-state index contributed by atoms with van der Waals surface area (Å²) in [6, 6.07) is 6.96. The maximum Gasteiger partial charge on any atom is 0.373 e. The molecule has 8 heteroatoms. The molecule has 114 valence electrons. The number of rotatable bonds is 6. The van der Waals surface area contributed by atoms with Gasteiger partial charge >= 0.3 is 7.60 Å². The van der Waals surface area contributed by atoms with Gasteiger partial charge in [-0.1, -0.05) is 23.9 Å². The van der Waals surface area contributed by atoms with Crippen LogP contribution < -0.4 is 0 Å². The zero-order chi connectivity index (χ0) is 15.6. The molecule has 1 aromatic carbocycles. The first-order valence-corrected chi connectivity index (χ1v) is 8.86. The minimum Gasteiger partial charge on any atom is -0.364 e. The van der Waals surface area contributed by atoms with Crippen LogP contribution in [0.5, 0.6) is 0 Å². The van der Waals surface area contributed by atoms with E-state index in [2.05, 4.69) is 0 Å². The number of hydrogen-bond acceptors (Lipinski definition) is 3. The molecule has 20 heavy (non-hydrogen) atoms. The highest BCUT2D eigenvalue weighted by Gasteiger charge is 2.50. The van der Waals surface area contributed by atoms with Gasteiger partial charge in [-0.3, -0.25) is 4.57 Å². The van der Waals surface area contributed by atoms with Crippen molar-refractivity contribution in [3.8, 4) is 0 Å². The van der Waals surface area contributed by atoms with Gasteiger partial charge in [-0.05, 0) is 17.7 Å². The zero-order valence-corrected chi connectivity index (χ0v) is 14.1. The Morgan fingerprint density at radius 2 is 1.95 bits per heavy atom. The van der Waals surface area contributed by atoms with Gasteiger partial charge in [0.1, 0.15) is 6.54 Å². The average Bonchev–Trinajstić information content (AvgIpc) is 2.25. The summed E-state index contributed by atoms with van der Waals surface area (Å²) >= 11 is 6.51. The SMILES string of the molecule is C[N+](C)(C)CC(O)(Sc1cccc(CCl)c1)P(=O)(O)O. The number of quaternary nitrogens is 1. The third-order valence-electron chi connectivity index (χ3n) is 2.47. The number of aliphatic hydroxyl groups is 1. The normalized spacial score (nSPS) is 15.9. The van der Waals surface area contributed by atoms with Crippen LogP contribution in [0.15, 0.2) is 29.2 Å². The van der Waals surface area contributed by atoms with Crippen LogP contribution in [-0.4, -0.2) is 51.7 Å². The minimum absolute atomic E-state index is 0.0902. The summed E-state index contributed by atoms with van der Waals surface area (Å²) in [6.07, 6.45) is 0. The van der Waals surface area contributed by atoms with E-state index >= 15 is 0 Å². The Bertz CT molecular complexity index is 516. The van der Waals surface area contributed by atoms with Crippen LogP contribution >= 0.6 is 31.0 Å². The Morgan fingerprint density at radius 1 is 1.35 bits per heavy atom. The van der Waals surface area contributed by atoms with Crippen LogP contribution in [0.3, 0.4) is 0 Å². The summed E-state index contributed by atoms with van der Waals surface area (Å²) in [5.41, 5.74) is 0.829. The Hall–Kier alpha value is -0.0700. The molecule has 0 saturated heterocycles. The molecule has 0 aliphatic carbocycles. The first kappa shape index (κ1) is 18.0. The lowest BCUT2D eigenvalue weighted by molar-refractivity contribution is -0.873. The maximum atomic E-state index is 11.7. The third-order valence-corrected chi connectivity index (χ3v) is 5.76. The number of benzene rings is 1. The van der Waals surface area contributed by atoms with Crippen molar-refractivity contribution in [3.63, 3.8) is 0 Å². The molecule has 5 nitrogen and oxygen atoms in total. The summed E-state index contributed by atoms with van der Waals surface area (Å²) in [7, 11) is 0.578. The molecule has 0 radical (unpaired) electrons. The van der Waals surface area contributed by atoms with E-state index in [0.717, 1.165) is 17.3 Å². The molecule has 3 N–H and O–H groups in total. The monoisotopic (exact) mass is 340 g/mol. The highest BCUT2D eigenvalue weighted by atomic mass is 35.5. The quantitative estimate of drug-likeness (QED) is 0.243. The molecule has 1 aromatic rings. The second-order valence-electron chi connectivity index (χ2n) is 5.62. The summed E-state index contributed by atoms with van der Waals surface area (Å²) in [6.45, 7) is -0.0902. The van der Waals surface area contributed by atoms with Gasteiger partial charge in [0.15, 0.2) is 0 Å². The molecule has 0 heterocycles. The van der Waals surface area contributed by atoms with Crippen LogP contribution in [0, 0.1) is 0 Å². The van der Waals surface area contributed by atoms with Gasteiger partial charge in [0.05, 0.1) is 21.1 Å². The maximum absolute atomic E-state index is 11.7. The summed E-state index contributed by atoms with van der Waals surface area (Å²) < 4.78 is 9.73. The molecular weight excluding hydrogens is 321 g/mol. The fourth-order valence-electron chi connectivity index (χ4n) is 1.68. The van der Waals surface area contributed by atoms with E-state index in [4.69, 9.17) is 11.6 Å². The molecule has 0 fully saturated rings. The lowest BCUT2D eigenvalue weighted by Gasteiger charge is -2.35. The van der Waals surface area contributed by atoms with Crippen molar-refractivity contribution in [1.82, 2.24) is 0 Å². The number of thioether (sulfide) groups is 1. The van der Waals surface area contributed by atoms with Gasteiger partial charge in [-0.2, -0.15) is 0 Å². The number of nitrogens with zero attached hydrogens (tertiary/aromatic N) is 1. The third kappa shape index (κ3) is 5.04. The second kappa shape index (κ2) is 6.36. The molecule has 1 rings (SSSR count). The molecule has 0 spiro atoms. The summed E-state index contributed by atoms with van der Waals surface area (Å²) in [5.74, 6) is 0.304. The van der Waals surface area contributed by atoms with Crippen LogP contribution in [0.4, 0.5) is 0 Å². The van der Waals surface area contributed by atoms with E-state index < -0.39 is 12.3 Å². The van der Waals surface area contributed by atoms with Gasteiger partial charge in [0, 0.05) is 10.8 Å². The van der Waals surface area contributed by atoms with Crippen molar-refractivity contribution in [3.05, 3.63) is 29.8 Å². The van der Waals surface area contributed by atoms with E-state index in [-0.39, 0.29) is 11.0 Å². The van der Waals surface area contributed by atoms with Crippen molar-refractivity contribution < 1.29 is 23.9 Å². The molecular formula is C12H20ClNO4PS+. The highest BCUT2D eigenvalue weighted by molar-refractivity contribution is 8.06. The average molecular weight is 341 g/mol. The summed E-state index contributed by atoms with van der Waals surface area (Å²) in [5, 5.41) is 10.5. The van der Waals surface area contributed by atoms with E-state index in [1.54, 1.807) is 39.3 Å². The molecule has 0 bridgehead atoms. The summed E-state index contributed by atoms with van der Waals surface area (Å²) in [4.78, 5) is 19.6. The Labute approximate surface area is 128 Å². The largest absolute Gasteiger partial charge is 0.373 e. The number of halogens is 1. The van der Waals surface area contributed by atoms with Gasteiger partial charge in [0.2, 0.25) is 0 Å². The highest BCUT2D eigenvalue weighted by Crippen LogP contribution is 2.57. The first-order valence-electron chi connectivity index (χ1n) is 5.89. The first-order chi connectivity index (χ1) is 8.97. The van der Waals surface area contributed by atoms with Crippen LogP contribution in [0.1, 0.15) is 5.56 Å². The number of alkyl halides is 1. The number of hydrogen-bond donors (Lipinski definition) is 3. The molecule has 0 aliphatic rings. The van der Waals surface area contributed by atoms with E-state index in [1.807, 2.05) is 6.07 Å². The predicted molar refractivity (Wildman–Crippen MR) is 81.7 cm³/mol. The second-order valence-corrected chi connectivity index (χ2v) is 9.37.